The molecule has 0 N–H and O–H groups in total. The van der Waals surface area contributed by atoms with Crippen LogP contribution in [0.25, 0.3) is 0 Å². The molecule has 3 rings (SSSR count). The Balaban J connectivity index is 1.83. The van der Waals surface area contributed by atoms with E-state index in [9.17, 15) is 0 Å². The zero-order valence-electron chi connectivity index (χ0n) is 17.9. The standard InChI is InChI=1S/C23H30N2O3S/c1-6-25(3)16-24-21-12-22(26-4)20(11-17(21)2)23(14-27-15-23)28-13-18-7-9-19(29-5)10-8-18/h7-12,16H,6,13-15H2,1-5H3. The molecule has 1 aliphatic rings. The summed E-state index contributed by atoms with van der Waals surface area (Å²) < 4.78 is 17.7. The SMILES string of the molecule is CCN(C)C=Nc1cc(OC)c(C2(OCc3ccc(SC)cc3)COC2)cc1C. The van der Waals surface area contributed by atoms with Gasteiger partial charge in [-0.25, -0.2) is 4.99 Å². The van der Waals surface area contributed by atoms with Crippen molar-refractivity contribution in [1.29, 1.82) is 0 Å². The summed E-state index contributed by atoms with van der Waals surface area (Å²) in [6.07, 6.45) is 3.92. The van der Waals surface area contributed by atoms with E-state index in [-0.39, 0.29) is 0 Å². The minimum absolute atomic E-state index is 0.489. The molecule has 6 heteroatoms. The second kappa shape index (κ2) is 9.65. The summed E-state index contributed by atoms with van der Waals surface area (Å²) >= 11 is 1.74. The molecule has 1 heterocycles. The first-order chi connectivity index (χ1) is 14.0. The third-order valence-corrected chi connectivity index (χ3v) is 5.99. The van der Waals surface area contributed by atoms with Gasteiger partial charge in [0, 0.05) is 30.1 Å². The van der Waals surface area contributed by atoms with Crippen molar-refractivity contribution in [3.8, 4) is 5.75 Å². The molecule has 5 nitrogen and oxygen atoms in total. The van der Waals surface area contributed by atoms with Gasteiger partial charge in [-0.15, -0.1) is 11.8 Å². The second-order valence-corrected chi connectivity index (χ2v) is 8.16. The normalized spacial score (nSPS) is 15.3. The van der Waals surface area contributed by atoms with Gasteiger partial charge in [0.05, 0.1) is 39.0 Å². The van der Waals surface area contributed by atoms with Crippen LogP contribution in [0.4, 0.5) is 5.69 Å². The second-order valence-electron chi connectivity index (χ2n) is 7.28. The van der Waals surface area contributed by atoms with E-state index in [4.69, 9.17) is 14.2 Å². The van der Waals surface area contributed by atoms with Gasteiger partial charge in [-0.2, -0.15) is 0 Å². The van der Waals surface area contributed by atoms with E-state index >= 15 is 0 Å². The molecule has 2 aromatic carbocycles. The fourth-order valence-electron chi connectivity index (χ4n) is 3.13. The van der Waals surface area contributed by atoms with Crippen LogP contribution >= 0.6 is 11.8 Å². The number of aryl methyl sites for hydroxylation is 1. The number of rotatable bonds is 9. The fraction of sp³-hybridized carbons (Fsp3) is 0.435. The van der Waals surface area contributed by atoms with Gasteiger partial charge >= 0.3 is 0 Å². The van der Waals surface area contributed by atoms with Crippen molar-refractivity contribution in [2.45, 2.75) is 31.0 Å². The lowest BCUT2D eigenvalue weighted by molar-refractivity contribution is -0.223. The summed E-state index contributed by atoms with van der Waals surface area (Å²) in [7, 11) is 3.69. The van der Waals surface area contributed by atoms with Crippen LogP contribution in [0.15, 0.2) is 46.3 Å². The van der Waals surface area contributed by atoms with Crippen molar-refractivity contribution >= 4 is 23.8 Å². The van der Waals surface area contributed by atoms with E-state index in [1.54, 1.807) is 18.9 Å². The largest absolute Gasteiger partial charge is 0.496 e. The highest BCUT2D eigenvalue weighted by molar-refractivity contribution is 7.98. The van der Waals surface area contributed by atoms with Crippen LogP contribution in [0.3, 0.4) is 0 Å². The van der Waals surface area contributed by atoms with Crippen molar-refractivity contribution in [3.05, 3.63) is 53.1 Å². The molecular formula is C23H30N2O3S. The summed E-state index contributed by atoms with van der Waals surface area (Å²) in [5.41, 5.74) is 3.66. The number of hydrogen-bond donors (Lipinski definition) is 0. The van der Waals surface area contributed by atoms with Gasteiger partial charge in [-0.3, -0.25) is 0 Å². The lowest BCUT2D eigenvalue weighted by Crippen LogP contribution is -2.49. The molecule has 0 radical (unpaired) electrons. The number of methoxy groups -OCH3 is 1. The van der Waals surface area contributed by atoms with E-state index in [1.165, 1.54) is 4.90 Å². The van der Waals surface area contributed by atoms with Crippen LogP contribution in [0.1, 0.15) is 23.6 Å². The van der Waals surface area contributed by atoms with Gasteiger partial charge in [0.25, 0.3) is 0 Å². The third kappa shape index (κ3) is 4.94. The van der Waals surface area contributed by atoms with E-state index in [0.29, 0.717) is 19.8 Å². The topological polar surface area (TPSA) is 43.3 Å². The van der Waals surface area contributed by atoms with Crippen LogP contribution in [0.5, 0.6) is 5.75 Å². The lowest BCUT2D eigenvalue weighted by atomic mass is 9.89. The molecule has 0 atom stereocenters. The first-order valence-electron chi connectivity index (χ1n) is 9.79. The number of benzene rings is 2. The third-order valence-electron chi connectivity index (χ3n) is 5.25. The highest BCUT2D eigenvalue weighted by Gasteiger charge is 2.44. The van der Waals surface area contributed by atoms with Gasteiger partial charge < -0.3 is 19.1 Å². The Morgan fingerprint density at radius 3 is 2.52 bits per heavy atom. The Bertz CT molecular complexity index is 848. The Hall–Kier alpha value is -2.02. The molecule has 0 saturated carbocycles. The summed E-state index contributed by atoms with van der Waals surface area (Å²) in [4.78, 5) is 7.89. The highest BCUT2D eigenvalue weighted by atomic mass is 32.2. The van der Waals surface area contributed by atoms with Gasteiger partial charge in [0.15, 0.2) is 0 Å². The lowest BCUT2D eigenvalue weighted by Gasteiger charge is -2.42. The quantitative estimate of drug-likeness (QED) is 0.336. The van der Waals surface area contributed by atoms with Gasteiger partial charge in [0.1, 0.15) is 11.4 Å². The Kier molecular flexibility index (Phi) is 7.22. The van der Waals surface area contributed by atoms with Crippen LogP contribution < -0.4 is 4.74 Å². The maximum absolute atomic E-state index is 6.41. The summed E-state index contributed by atoms with van der Waals surface area (Å²) in [5, 5.41) is 0. The maximum Gasteiger partial charge on any atom is 0.143 e. The number of ether oxygens (including phenoxy) is 3. The van der Waals surface area contributed by atoms with Crippen molar-refractivity contribution < 1.29 is 14.2 Å². The van der Waals surface area contributed by atoms with E-state index in [1.807, 2.05) is 24.4 Å². The van der Waals surface area contributed by atoms with Crippen molar-refractivity contribution in [3.63, 3.8) is 0 Å². The highest BCUT2D eigenvalue weighted by Crippen LogP contribution is 2.42. The fourth-order valence-corrected chi connectivity index (χ4v) is 3.54. The Labute approximate surface area is 178 Å². The maximum atomic E-state index is 6.41. The molecule has 0 aliphatic carbocycles. The van der Waals surface area contributed by atoms with E-state index in [2.05, 4.69) is 55.4 Å². The molecule has 156 valence electrons. The van der Waals surface area contributed by atoms with Crippen molar-refractivity contribution in [2.75, 3.05) is 40.2 Å². The minimum Gasteiger partial charge on any atom is -0.496 e. The number of hydrogen-bond acceptors (Lipinski definition) is 5. The van der Waals surface area contributed by atoms with Crippen LogP contribution in [-0.4, -0.2) is 51.4 Å². The predicted octanol–water partition coefficient (Wildman–Crippen LogP) is 4.78. The number of thioether (sulfide) groups is 1. The van der Waals surface area contributed by atoms with Gasteiger partial charge in [-0.05, 0) is 49.4 Å². The molecule has 1 saturated heterocycles. The molecule has 1 aliphatic heterocycles. The molecule has 0 amide bonds. The van der Waals surface area contributed by atoms with Crippen LogP contribution in [0.2, 0.25) is 0 Å². The molecule has 1 fully saturated rings. The van der Waals surface area contributed by atoms with Gasteiger partial charge in [-0.1, -0.05) is 12.1 Å². The monoisotopic (exact) mass is 414 g/mol. The van der Waals surface area contributed by atoms with Crippen LogP contribution in [-0.2, 0) is 21.7 Å². The molecule has 0 spiro atoms. The minimum atomic E-state index is -0.489. The molecule has 29 heavy (non-hydrogen) atoms. The smallest absolute Gasteiger partial charge is 0.143 e. The first-order valence-corrected chi connectivity index (χ1v) is 11.0. The average Bonchev–Trinajstić information content (AvgIpc) is 2.72. The molecule has 0 aromatic heterocycles. The van der Waals surface area contributed by atoms with Gasteiger partial charge in [0.2, 0.25) is 0 Å². The zero-order chi connectivity index (χ0) is 20.9. The van der Waals surface area contributed by atoms with Crippen molar-refractivity contribution in [2.24, 2.45) is 4.99 Å². The molecule has 2 aromatic rings. The summed E-state index contributed by atoms with van der Waals surface area (Å²) in [6, 6.07) is 12.6. The van der Waals surface area contributed by atoms with E-state index in [0.717, 1.165) is 34.7 Å². The zero-order valence-corrected chi connectivity index (χ0v) is 18.7. The molecule has 0 bridgehead atoms. The Morgan fingerprint density at radius 1 is 1.24 bits per heavy atom. The number of aliphatic imine (C=N–C) groups is 1. The number of nitrogens with zero attached hydrogens (tertiary/aromatic N) is 2. The summed E-state index contributed by atoms with van der Waals surface area (Å²) in [6.45, 7) is 6.63. The van der Waals surface area contributed by atoms with Crippen LogP contribution in [0, 0.1) is 6.92 Å². The first kappa shape index (κ1) is 21.7. The Morgan fingerprint density at radius 2 is 1.97 bits per heavy atom. The predicted molar refractivity (Wildman–Crippen MR) is 120 cm³/mol. The molecular weight excluding hydrogens is 384 g/mol. The van der Waals surface area contributed by atoms with E-state index < -0.39 is 5.60 Å². The summed E-state index contributed by atoms with van der Waals surface area (Å²) in [5.74, 6) is 0.780. The van der Waals surface area contributed by atoms with Crippen molar-refractivity contribution in [1.82, 2.24) is 4.90 Å². The average molecular weight is 415 g/mol. The molecule has 0 unspecified atom stereocenters.